The molecule has 3 aromatic rings. The highest BCUT2D eigenvalue weighted by Gasteiger charge is 2.15. The molecule has 7 heteroatoms. The Labute approximate surface area is 125 Å². The summed E-state index contributed by atoms with van der Waals surface area (Å²) in [6.45, 7) is 6.35. The maximum Gasteiger partial charge on any atom is 0.226 e. The molecule has 0 spiro atoms. The predicted molar refractivity (Wildman–Crippen MR) is 82.5 cm³/mol. The lowest BCUT2D eigenvalue weighted by molar-refractivity contribution is 0.873. The van der Waals surface area contributed by atoms with Crippen molar-refractivity contribution in [1.29, 1.82) is 0 Å². The molecule has 3 heterocycles. The van der Waals surface area contributed by atoms with Crippen molar-refractivity contribution in [2.24, 2.45) is 0 Å². The van der Waals surface area contributed by atoms with Gasteiger partial charge in [0.1, 0.15) is 5.82 Å². The molecule has 104 valence electrons. The van der Waals surface area contributed by atoms with Crippen LogP contribution in [0, 0.1) is 13.8 Å². The highest BCUT2D eigenvalue weighted by molar-refractivity contribution is 7.12. The van der Waals surface area contributed by atoms with Crippen LogP contribution in [0.2, 0.25) is 5.28 Å². The maximum atomic E-state index is 5.94. The first-order chi connectivity index (χ1) is 9.54. The zero-order chi connectivity index (χ0) is 14.3. The third-order valence-electron chi connectivity index (χ3n) is 3.18. The Hall–Kier alpha value is -1.66. The molecule has 0 aliphatic carbocycles. The minimum Gasteiger partial charge on any atom is -0.363 e. The first kappa shape index (κ1) is 13.3. The van der Waals surface area contributed by atoms with Crippen molar-refractivity contribution >= 4 is 39.8 Å². The van der Waals surface area contributed by atoms with Gasteiger partial charge in [0, 0.05) is 9.75 Å². The number of aromatic amines is 1. The molecule has 0 saturated heterocycles. The Balaban J connectivity index is 1.96. The number of halogens is 1. The second kappa shape index (κ2) is 5.03. The summed E-state index contributed by atoms with van der Waals surface area (Å²) in [7, 11) is 0. The summed E-state index contributed by atoms with van der Waals surface area (Å²) in [6.07, 6.45) is 1.70. The molecule has 2 N–H and O–H groups in total. The third-order valence-corrected chi connectivity index (χ3v) is 4.33. The van der Waals surface area contributed by atoms with E-state index < -0.39 is 0 Å². The molecule has 5 nitrogen and oxygen atoms in total. The number of hydrogen-bond acceptors (Lipinski definition) is 5. The summed E-state index contributed by atoms with van der Waals surface area (Å²) in [4.78, 5) is 11.0. The number of thiophene rings is 1. The molecular formula is C13H14ClN5S. The molecule has 0 radical (unpaired) electrons. The Bertz CT molecular complexity index is 763. The van der Waals surface area contributed by atoms with Crippen molar-refractivity contribution in [3.8, 4) is 0 Å². The quantitative estimate of drug-likeness (QED) is 0.721. The van der Waals surface area contributed by atoms with Gasteiger partial charge in [0.05, 0.1) is 17.6 Å². The van der Waals surface area contributed by atoms with E-state index in [0.717, 1.165) is 5.39 Å². The number of nitrogens with zero attached hydrogens (tertiary/aromatic N) is 3. The van der Waals surface area contributed by atoms with E-state index in [-0.39, 0.29) is 11.3 Å². The molecule has 0 amide bonds. The SMILES string of the molecule is Cc1cc(C(C)Nc2nc(Cl)nc3[nH]ncc23)c(C)s1. The second-order valence-electron chi connectivity index (χ2n) is 4.71. The lowest BCUT2D eigenvalue weighted by atomic mass is 10.1. The molecule has 1 unspecified atom stereocenters. The second-order valence-corrected chi connectivity index (χ2v) is 6.51. The maximum absolute atomic E-state index is 5.94. The zero-order valence-corrected chi connectivity index (χ0v) is 12.9. The van der Waals surface area contributed by atoms with Crippen LogP contribution in [0.1, 0.15) is 28.3 Å². The Kier molecular flexibility index (Phi) is 3.35. The van der Waals surface area contributed by atoms with Crippen molar-refractivity contribution in [3.63, 3.8) is 0 Å². The Morgan fingerprint density at radius 2 is 2.15 bits per heavy atom. The van der Waals surface area contributed by atoms with E-state index in [9.17, 15) is 0 Å². The van der Waals surface area contributed by atoms with E-state index in [1.807, 2.05) is 0 Å². The number of aromatic nitrogens is 4. The molecule has 1 atom stereocenters. The summed E-state index contributed by atoms with van der Waals surface area (Å²) in [6, 6.07) is 2.34. The van der Waals surface area contributed by atoms with Crippen LogP contribution >= 0.6 is 22.9 Å². The van der Waals surface area contributed by atoms with Crippen LogP contribution in [0.25, 0.3) is 11.0 Å². The van der Waals surface area contributed by atoms with Crippen LogP contribution < -0.4 is 5.32 Å². The highest BCUT2D eigenvalue weighted by atomic mass is 35.5. The van der Waals surface area contributed by atoms with Crippen LogP contribution in [-0.4, -0.2) is 20.2 Å². The zero-order valence-electron chi connectivity index (χ0n) is 11.4. The molecule has 0 saturated carbocycles. The van der Waals surface area contributed by atoms with E-state index in [4.69, 9.17) is 11.6 Å². The molecule has 0 aromatic carbocycles. The van der Waals surface area contributed by atoms with Gasteiger partial charge in [0.2, 0.25) is 5.28 Å². The first-order valence-corrected chi connectivity index (χ1v) is 7.44. The van der Waals surface area contributed by atoms with E-state index >= 15 is 0 Å². The van der Waals surface area contributed by atoms with Crippen LogP contribution in [0.15, 0.2) is 12.3 Å². The van der Waals surface area contributed by atoms with Gasteiger partial charge in [0.15, 0.2) is 5.65 Å². The molecule has 3 rings (SSSR count). The lowest BCUT2D eigenvalue weighted by Crippen LogP contribution is -2.09. The average Bonchev–Trinajstić information content (AvgIpc) is 2.95. The summed E-state index contributed by atoms with van der Waals surface area (Å²) in [5.74, 6) is 0.699. The fourth-order valence-corrected chi connectivity index (χ4v) is 3.47. The summed E-state index contributed by atoms with van der Waals surface area (Å²) < 4.78 is 0. The van der Waals surface area contributed by atoms with Gasteiger partial charge < -0.3 is 5.32 Å². The third kappa shape index (κ3) is 2.36. The van der Waals surface area contributed by atoms with E-state index in [1.54, 1.807) is 17.5 Å². The van der Waals surface area contributed by atoms with Gasteiger partial charge in [-0.25, -0.2) is 0 Å². The van der Waals surface area contributed by atoms with Gasteiger partial charge in [-0.1, -0.05) is 0 Å². The van der Waals surface area contributed by atoms with Gasteiger partial charge in [0.25, 0.3) is 0 Å². The van der Waals surface area contributed by atoms with Crippen LogP contribution in [-0.2, 0) is 0 Å². The molecule has 0 aliphatic rings. The van der Waals surface area contributed by atoms with Crippen LogP contribution in [0.5, 0.6) is 0 Å². The Morgan fingerprint density at radius 3 is 2.85 bits per heavy atom. The smallest absolute Gasteiger partial charge is 0.226 e. The minimum atomic E-state index is 0.143. The number of anilines is 1. The van der Waals surface area contributed by atoms with Crippen molar-refractivity contribution < 1.29 is 0 Å². The first-order valence-electron chi connectivity index (χ1n) is 6.24. The molecular weight excluding hydrogens is 294 g/mol. The molecule has 20 heavy (non-hydrogen) atoms. The standard InChI is InChI=1S/C13H14ClN5S/c1-6-4-9(8(3)20-6)7(2)16-11-10-5-15-19-12(10)18-13(14)17-11/h4-5,7H,1-3H3,(H2,15,16,17,18,19). The molecule has 0 bridgehead atoms. The van der Waals surface area contributed by atoms with Gasteiger partial charge in [-0.2, -0.15) is 15.1 Å². The fraction of sp³-hybridized carbons (Fsp3) is 0.308. The van der Waals surface area contributed by atoms with Gasteiger partial charge in [-0.05, 0) is 44.0 Å². The normalized spacial score (nSPS) is 12.8. The number of aryl methyl sites for hydroxylation is 2. The summed E-state index contributed by atoms with van der Waals surface area (Å²) >= 11 is 7.74. The topological polar surface area (TPSA) is 66.5 Å². The number of H-pyrrole nitrogens is 1. The molecule has 0 fully saturated rings. The van der Waals surface area contributed by atoms with E-state index in [2.05, 4.69) is 52.3 Å². The van der Waals surface area contributed by atoms with Crippen LogP contribution in [0.4, 0.5) is 5.82 Å². The molecule has 0 aliphatic heterocycles. The van der Waals surface area contributed by atoms with E-state index in [0.29, 0.717) is 11.5 Å². The molecule has 3 aromatic heterocycles. The number of rotatable bonds is 3. The van der Waals surface area contributed by atoms with Crippen molar-refractivity contribution in [2.45, 2.75) is 26.8 Å². The predicted octanol–water partition coefficient (Wildman–Crippen LogP) is 3.86. The minimum absolute atomic E-state index is 0.143. The monoisotopic (exact) mass is 307 g/mol. The van der Waals surface area contributed by atoms with Gasteiger partial charge in [-0.3, -0.25) is 5.10 Å². The number of hydrogen-bond donors (Lipinski definition) is 2. The summed E-state index contributed by atoms with van der Waals surface area (Å²) in [5.41, 5.74) is 1.91. The van der Waals surface area contributed by atoms with E-state index in [1.165, 1.54) is 15.3 Å². The van der Waals surface area contributed by atoms with Gasteiger partial charge in [-0.15, -0.1) is 11.3 Å². The summed E-state index contributed by atoms with van der Waals surface area (Å²) in [5, 5.41) is 11.2. The van der Waals surface area contributed by atoms with Crippen molar-refractivity contribution in [2.75, 3.05) is 5.32 Å². The number of nitrogens with one attached hydrogen (secondary N) is 2. The largest absolute Gasteiger partial charge is 0.363 e. The average molecular weight is 308 g/mol. The fourth-order valence-electron chi connectivity index (χ4n) is 2.28. The number of fused-ring (bicyclic) bond motifs is 1. The highest BCUT2D eigenvalue weighted by Crippen LogP contribution is 2.30. The van der Waals surface area contributed by atoms with Crippen molar-refractivity contribution in [3.05, 3.63) is 32.9 Å². The lowest BCUT2D eigenvalue weighted by Gasteiger charge is -2.15. The van der Waals surface area contributed by atoms with Gasteiger partial charge >= 0.3 is 0 Å². The van der Waals surface area contributed by atoms with Crippen LogP contribution in [0.3, 0.4) is 0 Å². The van der Waals surface area contributed by atoms with Crippen molar-refractivity contribution in [1.82, 2.24) is 20.2 Å². The Morgan fingerprint density at radius 1 is 1.35 bits per heavy atom.